The highest BCUT2D eigenvalue weighted by Crippen LogP contribution is 2.23. The Hall–Kier alpha value is -1.14. The molecule has 1 aromatic heterocycles. The molecule has 2 rings (SSSR count). The molecule has 1 N–H and O–H groups in total. The topological polar surface area (TPSA) is 59.1 Å². The molecule has 0 radical (unpaired) electrons. The fraction of sp³-hybridized carbons (Fsp3) is 0.250. The number of sulfone groups is 1. The van der Waals surface area contributed by atoms with Crippen LogP contribution in [0.4, 0.5) is 5.69 Å². The van der Waals surface area contributed by atoms with E-state index < -0.39 is 9.84 Å². The molecule has 0 fully saturated rings. The van der Waals surface area contributed by atoms with Gasteiger partial charge in [0.2, 0.25) is 0 Å². The Balaban J connectivity index is 2.23. The number of rotatable bonds is 4. The molecule has 0 unspecified atom stereocenters. The van der Waals surface area contributed by atoms with Crippen LogP contribution in [0.2, 0.25) is 0 Å². The fourth-order valence-corrected chi connectivity index (χ4v) is 2.47. The number of anilines is 1. The lowest BCUT2D eigenvalue weighted by molar-refractivity contribution is 0.602. The molecule has 0 aliphatic rings. The minimum absolute atomic E-state index is 0.111. The van der Waals surface area contributed by atoms with Crippen LogP contribution in [0.3, 0.4) is 0 Å². The van der Waals surface area contributed by atoms with Crippen LogP contribution in [0.1, 0.15) is 0 Å². The number of nitrogens with one attached hydrogen (secondary N) is 1. The van der Waals surface area contributed by atoms with Gasteiger partial charge in [0.25, 0.3) is 0 Å². The van der Waals surface area contributed by atoms with E-state index >= 15 is 0 Å². The first-order valence-corrected chi connectivity index (χ1v) is 8.27. The van der Waals surface area contributed by atoms with Gasteiger partial charge in [-0.3, -0.25) is 4.98 Å². The minimum Gasteiger partial charge on any atom is -0.382 e. The number of aromatic nitrogens is 1. The lowest BCUT2D eigenvalue weighted by Crippen LogP contribution is -2.14. The third kappa shape index (κ3) is 3.43. The van der Waals surface area contributed by atoms with Gasteiger partial charge in [-0.15, -0.1) is 0 Å². The Morgan fingerprint density at radius 3 is 2.89 bits per heavy atom. The third-order valence-corrected chi connectivity index (χ3v) is 3.85. The number of nitrogens with zero attached hydrogens (tertiary/aromatic N) is 1. The predicted molar refractivity (Wildman–Crippen MR) is 77.6 cm³/mol. The molecule has 0 saturated carbocycles. The molecule has 4 nitrogen and oxygen atoms in total. The standard InChI is InChI=1S/C12H13BrN2O2S/c1-18(16,17)6-5-14-11-4-2-3-9-7-10(13)8-15-12(9)11/h2-4,7-8,14H,5-6H2,1H3. The average molecular weight is 329 g/mol. The van der Waals surface area contributed by atoms with Crippen LogP contribution in [-0.4, -0.2) is 32.0 Å². The van der Waals surface area contributed by atoms with E-state index in [4.69, 9.17) is 0 Å². The molecule has 0 aliphatic heterocycles. The van der Waals surface area contributed by atoms with Crippen molar-refractivity contribution in [2.24, 2.45) is 0 Å². The van der Waals surface area contributed by atoms with Gasteiger partial charge in [0.15, 0.2) is 0 Å². The van der Waals surface area contributed by atoms with Gasteiger partial charge in [-0.1, -0.05) is 12.1 Å². The second-order valence-corrected chi connectivity index (χ2v) is 7.26. The Bertz CT molecular complexity index is 671. The molecule has 18 heavy (non-hydrogen) atoms. The van der Waals surface area contributed by atoms with Gasteiger partial charge in [-0.2, -0.15) is 0 Å². The molecule has 0 bridgehead atoms. The summed E-state index contributed by atoms with van der Waals surface area (Å²) in [6.45, 7) is 0.385. The van der Waals surface area contributed by atoms with Crippen LogP contribution >= 0.6 is 15.9 Å². The van der Waals surface area contributed by atoms with Crippen LogP contribution in [0.15, 0.2) is 34.9 Å². The maximum Gasteiger partial charge on any atom is 0.149 e. The normalized spacial score (nSPS) is 11.7. The summed E-state index contributed by atoms with van der Waals surface area (Å²) in [5.74, 6) is 0.111. The smallest absolute Gasteiger partial charge is 0.149 e. The summed E-state index contributed by atoms with van der Waals surface area (Å²) in [6, 6.07) is 7.75. The van der Waals surface area contributed by atoms with Gasteiger partial charge in [0.05, 0.1) is 17.0 Å². The number of para-hydroxylation sites is 1. The van der Waals surface area contributed by atoms with Crippen LogP contribution in [0.25, 0.3) is 10.9 Å². The zero-order valence-electron chi connectivity index (χ0n) is 9.85. The van der Waals surface area contributed by atoms with E-state index in [-0.39, 0.29) is 5.75 Å². The Kier molecular flexibility index (Phi) is 3.87. The van der Waals surface area contributed by atoms with Gasteiger partial charge in [-0.05, 0) is 28.1 Å². The number of benzene rings is 1. The SMILES string of the molecule is CS(=O)(=O)CCNc1cccc2cc(Br)cnc12. The van der Waals surface area contributed by atoms with Crippen molar-refractivity contribution in [3.05, 3.63) is 34.9 Å². The highest BCUT2D eigenvalue weighted by Gasteiger charge is 2.05. The van der Waals surface area contributed by atoms with E-state index in [1.54, 1.807) is 6.20 Å². The first-order chi connectivity index (χ1) is 8.46. The Labute approximate surface area is 114 Å². The first kappa shape index (κ1) is 13.3. The van der Waals surface area contributed by atoms with Crippen LogP contribution < -0.4 is 5.32 Å². The van der Waals surface area contributed by atoms with Crippen molar-refractivity contribution in [3.63, 3.8) is 0 Å². The summed E-state index contributed by atoms with van der Waals surface area (Å²) in [4.78, 5) is 4.34. The van der Waals surface area contributed by atoms with Crippen molar-refractivity contribution in [1.29, 1.82) is 0 Å². The summed E-state index contributed by atoms with van der Waals surface area (Å²) in [5.41, 5.74) is 1.69. The largest absolute Gasteiger partial charge is 0.382 e. The molecule has 96 valence electrons. The maximum absolute atomic E-state index is 11.1. The number of hydrogen-bond donors (Lipinski definition) is 1. The van der Waals surface area contributed by atoms with E-state index in [2.05, 4.69) is 26.2 Å². The van der Waals surface area contributed by atoms with Gasteiger partial charge >= 0.3 is 0 Å². The summed E-state index contributed by atoms with van der Waals surface area (Å²) in [7, 11) is -2.94. The van der Waals surface area contributed by atoms with Gasteiger partial charge in [0.1, 0.15) is 9.84 Å². The molecule has 1 heterocycles. The fourth-order valence-electron chi connectivity index (χ4n) is 1.65. The molecule has 0 saturated heterocycles. The molecule has 0 amide bonds. The zero-order chi connectivity index (χ0) is 13.2. The molecule has 0 aliphatic carbocycles. The van der Waals surface area contributed by atoms with Crippen molar-refractivity contribution < 1.29 is 8.42 Å². The molecule has 6 heteroatoms. The lowest BCUT2D eigenvalue weighted by Gasteiger charge is -2.08. The van der Waals surface area contributed by atoms with Crippen molar-refractivity contribution in [1.82, 2.24) is 4.98 Å². The molecule has 1 aromatic carbocycles. The van der Waals surface area contributed by atoms with Crippen LogP contribution in [0.5, 0.6) is 0 Å². The van der Waals surface area contributed by atoms with Crippen molar-refractivity contribution in [3.8, 4) is 0 Å². The summed E-state index contributed by atoms with van der Waals surface area (Å²) in [6.07, 6.45) is 2.96. The van der Waals surface area contributed by atoms with E-state index in [1.165, 1.54) is 6.26 Å². The first-order valence-electron chi connectivity index (χ1n) is 5.41. The van der Waals surface area contributed by atoms with Crippen LogP contribution in [0, 0.1) is 0 Å². The molecular formula is C12H13BrN2O2S. The predicted octanol–water partition coefficient (Wildman–Crippen LogP) is 2.45. The number of halogens is 1. The number of pyridine rings is 1. The van der Waals surface area contributed by atoms with Gasteiger partial charge < -0.3 is 5.32 Å². The quantitative estimate of drug-likeness (QED) is 0.936. The second-order valence-electron chi connectivity index (χ2n) is 4.09. The monoisotopic (exact) mass is 328 g/mol. The minimum atomic E-state index is -2.94. The van der Waals surface area contributed by atoms with Crippen molar-refractivity contribution >= 4 is 42.4 Å². The zero-order valence-corrected chi connectivity index (χ0v) is 12.3. The van der Waals surface area contributed by atoms with E-state index in [1.807, 2.05) is 24.3 Å². The van der Waals surface area contributed by atoms with Gasteiger partial charge in [0, 0.05) is 28.9 Å². The Morgan fingerprint density at radius 2 is 2.17 bits per heavy atom. The maximum atomic E-state index is 11.1. The number of hydrogen-bond acceptors (Lipinski definition) is 4. The molecule has 0 spiro atoms. The molecule has 2 aromatic rings. The average Bonchev–Trinajstić information content (AvgIpc) is 2.27. The van der Waals surface area contributed by atoms with Crippen LogP contribution in [-0.2, 0) is 9.84 Å². The highest BCUT2D eigenvalue weighted by molar-refractivity contribution is 9.10. The number of fused-ring (bicyclic) bond motifs is 1. The summed E-state index contributed by atoms with van der Waals surface area (Å²) in [5, 5.41) is 4.11. The lowest BCUT2D eigenvalue weighted by atomic mass is 10.2. The molecule has 0 atom stereocenters. The third-order valence-electron chi connectivity index (χ3n) is 2.47. The second kappa shape index (κ2) is 5.24. The van der Waals surface area contributed by atoms with Crippen molar-refractivity contribution in [2.75, 3.05) is 23.9 Å². The van der Waals surface area contributed by atoms with Crippen molar-refractivity contribution in [2.45, 2.75) is 0 Å². The Morgan fingerprint density at radius 1 is 1.39 bits per heavy atom. The summed E-state index contributed by atoms with van der Waals surface area (Å²) >= 11 is 3.37. The summed E-state index contributed by atoms with van der Waals surface area (Å²) < 4.78 is 23.1. The van der Waals surface area contributed by atoms with Gasteiger partial charge in [-0.25, -0.2) is 8.42 Å². The van der Waals surface area contributed by atoms with E-state index in [0.717, 1.165) is 21.1 Å². The highest BCUT2D eigenvalue weighted by atomic mass is 79.9. The van der Waals surface area contributed by atoms with E-state index in [9.17, 15) is 8.42 Å². The van der Waals surface area contributed by atoms with E-state index in [0.29, 0.717) is 6.54 Å². The molecular weight excluding hydrogens is 316 g/mol.